The third kappa shape index (κ3) is 3.32. The Morgan fingerprint density at radius 2 is 2.08 bits per heavy atom. The normalized spacial score (nSPS) is 14.6. The zero-order valence-electron chi connectivity index (χ0n) is 13.1. The first-order valence-electron chi connectivity index (χ1n) is 7.83. The molecule has 0 N–H and O–H groups in total. The number of hydrogen-bond acceptors (Lipinski definition) is 5. The average molecular weight is 377 g/mol. The molecule has 25 heavy (non-hydrogen) atoms. The van der Waals surface area contributed by atoms with Crippen molar-refractivity contribution in [3.63, 3.8) is 0 Å². The van der Waals surface area contributed by atoms with Crippen molar-refractivity contribution in [2.24, 2.45) is 0 Å². The van der Waals surface area contributed by atoms with E-state index in [1.54, 1.807) is 17.4 Å². The summed E-state index contributed by atoms with van der Waals surface area (Å²) in [5.74, 6) is -0.963. The molecule has 0 radical (unpaired) electrons. The number of esters is 1. The lowest BCUT2D eigenvalue weighted by Gasteiger charge is -2.38. The molecule has 4 rings (SSSR count). The van der Waals surface area contributed by atoms with Crippen LogP contribution in [0.5, 0.6) is 0 Å². The van der Waals surface area contributed by atoms with Crippen molar-refractivity contribution >= 4 is 44.3 Å². The smallest absolute Gasteiger partial charge is 0.310 e. The second-order valence-electron chi connectivity index (χ2n) is 5.86. The molecule has 1 saturated heterocycles. The summed E-state index contributed by atoms with van der Waals surface area (Å²) in [4.78, 5) is 18.7. The summed E-state index contributed by atoms with van der Waals surface area (Å²) in [5, 5.41) is 1.16. The van der Waals surface area contributed by atoms with E-state index in [9.17, 15) is 9.18 Å². The van der Waals surface area contributed by atoms with Gasteiger partial charge in [0, 0.05) is 10.6 Å². The summed E-state index contributed by atoms with van der Waals surface area (Å²) >= 11 is 7.55. The maximum atomic E-state index is 13.7. The van der Waals surface area contributed by atoms with Gasteiger partial charge in [0.05, 0.1) is 29.7 Å². The Bertz CT molecular complexity index is 886. The van der Waals surface area contributed by atoms with Gasteiger partial charge < -0.3 is 9.64 Å². The highest BCUT2D eigenvalue weighted by atomic mass is 35.5. The van der Waals surface area contributed by atoms with Crippen molar-refractivity contribution < 1.29 is 13.9 Å². The molecule has 0 amide bonds. The van der Waals surface area contributed by atoms with Crippen LogP contribution in [-0.4, -0.2) is 30.1 Å². The number of hydrogen-bond donors (Lipinski definition) is 0. The first kappa shape index (κ1) is 16.3. The van der Waals surface area contributed by atoms with Crippen LogP contribution >= 0.6 is 22.9 Å². The third-order valence-electron chi connectivity index (χ3n) is 4.08. The second kappa shape index (κ2) is 6.61. The summed E-state index contributed by atoms with van der Waals surface area (Å²) in [5.41, 5.74) is 1.15. The molecule has 1 aromatic heterocycles. The van der Waals surface area contributed by atoms with Crippen LogP contribution in [0.3, 0.4) is 0 Å². The van der Waals surface area contributed by atoms with Crippen LogP contribution in [0.15, 0.2) is 42.5 Å². The van der Waals surface area contributed by atoms with Crippen molar-refractivity contribution in [1.82, 2.24) is 4.98 Å². The third-order valence-corrected chi connectivity index (χ3v) is 5.53. The molecule has 128 valence electrons. The molecule has 3 aromatic rings. The molecule has 0 spiro atoms. The summed E-state index contributed by atoms with van der Waals surface area (Å²) in [6.07, 6.45) is -0.367. The molecule has 0 aliphatic carbocycles. The number of halogens is 2. The second-order valence-corrected chi connectivity index (χ2v) is 7.27. The Morgan fingerprint density at radius 3 is 2.84 bits per heavy atom. The van der Waals surface area contributed by atoms with Gasteiger partial charge in [0.25, 0.3) is 0 Å². The lowest BCUT2D eigenvalue weighted by Crippen LogP contribution is -2.53. The number of nitrogens with zero attached hydrogens (tertiary/aromatic N) is 2. The number of aromatic nitrogens is 1. The molecule has 0 saturated carbocycles. The number of benzene rings is 2. The highest BCUT2D eigenvalue weighted by Crippen LogP contribution is 2.32. The summed E-state index contributed by atoms with van der Waals surface area (Å²) < 4.78 is 20.3. The van der Waals surface area contributed by atoms with E-state index in [0.29, 0.717) is 13.1 Å². The van der Waals surface area contributed by atoms with E-state index in [1.165, 1.54) is 12.1 Å². The van der Waals surface area contributed by atoms with Gasteiger partial charge in [0.1, 0.15) is 11.9 Å². The van der Waals surface area contributed by atoms with E-state index >= 15 is 0 Å². The lowest BCUT2D eigenvalue weighted by atomic mass is 10.1. The molecule has 0 unspecified atom stereocenters. The Hall–Kier alpha value is -2.18. The number of ether oxygens (including phenoxy) is 1. The van der Waals surface area contributed by atoms with Gasteiger partial charge in [-0.15, -0.1) is 0 Å². The molecule has 0 atom stereocenters. The largest absolute Gasteiger partial charge is 0.458 e. The van der Waals surface area contributed by atoms with Crippen molar-refractivity contribution in [3.05, 3.63) is 58.9 Å². The summed E-state index contributed by atoms with van der Waals surface area (Å²) in [6, 6.07) is 12.3. The quantitative estimate of drug-likeness (QED) is 0.644. The van der Waals surface area contributed by atoms with E-state index in [4.69, 9.17) is 16.3 Å². The van der Waals surface area contributed by atoms with Crippen molar-refractivity contribution in [3.8, 4) is 0 Å². The fraction of sp³-hybridized carbons (Fsp3) is 0.222. The Labute approximate surface area is 152 Å². The zero-order valence-corrected chi connectivity index (χ0v) is 14.7. The molecule has 7 heteroatoms. The Balaban J connectivity index is 1.34. The van der Waals surface area contributed by atoms with E-state index in [2.05, 4.69) is 9.88 Å². The SMILES string of the molecule is O=C(Cc1c(F)cccc1Cl)OC1CN(c2nc3ccccc3s2)C1. The zero-order chi connectivity index (χ0) is 17.4. The summed E-state index contributed by atoms with van der Waals surface area (Å²) in [7, 11) is 0. The fourth-order valence-electron chi connectivity index (χ4n) is 2.74. The molecule has 1 aliphatic rings. The number of para-hydroxylation sites is 1. The van der Waals surface area contributed by atoms with Crippen LogP contribution in [0.1, 0.15) is 5.56 Å². The van der Waals surface area contributed by atoms with Gasteiger partial charge in [-0.05, 0) is 24.3 Å². The molecular formula is C18H14ClFN2O2S. The first-order chi connectivity index (χ1) is 12.1. The van der Waals surface area contributed by atoms with Crippen molar-refractivity contribution in [2.45, 2.75) is 12.5 Å². The lowest BCUT2D eigenvalue weighted by molar-refractivity contribution is -0.149. The molecule has 1 fully saturated rings. The van der Waals surface area contributed by atoms with E-state index in [0.717, 1.165) is 15.3 Å². The summed E-state index contributed by atoms with van der Waals surface area (Å²) in [6.45, 7) is 1.19. The Kier molecular flexibility index (Phi) is 4.31. The van der Waals surface area contributed by atoms with E-state index in [-0.39, 0.29) is 23.1 Å². The molecule has 0 bridgehead atoms. The van der Waals surface area contributed by atoms with Crippen LogP contribution in [0.4, 0.5) is 9.52 Å². The highest BCUT2D eigenvalue weighted by Gasteiger charge is 2.32. The minimum absolute atomic E-state index is 0.164. The van der Waals surface area contributed by atoms with Gasteiger partial charge in [0.15, 0.2) is 5.13 Å². The topological polar surface area (TPSA) is 42.4 Å². The maximum absolute atomic E-state index is 13.7. The van der Waals surface area contributed by atoms with Crippen LogP contribution in [-0.2, 0) is 16.0 Å². The number of carbonyl (C=O) groups is 1. The Morgan fingerprint density at radius 1 is 1.28 bits per heavy atom. The molecular weight excluding hydrogens is 363 g/mol. The molecule has 1 aliphatic heterocycles. The van der Waals surface area contributed by atoms with Crippen molar-refractivity contribution in [1.29, 1.82) is 0 Å². The molecule has 4 nitrogen and oxygen atoms in total. The fourth-order valence-corrected chi connectivity index (χ4v) is 3.95. The number of anilines is 1. The van der Waals surface area contributed by atoms with Crippen LogP contribution < -0.4 is 4.90 Å². The predicted octanol–water partition coefficient (Wildman–Crippen LogP) is 4.06. The number of carbonyl (C=O) groups excluding carboxylic acids is 1. The van der Waals surface area contributed by atoms with Gasteiger partial charge in [-0.3, -0.25) is 4.79 Å². The standard InChI is InChI=1S/C18H14ClFN2O2S/c19-13-4-3-5-14(20)12(13)8-17(23)24-11-9-22(10-11)18-21-15-6-1-2-7-16(15)25-18/h1-7,11H,8-10H2. The van der Waals surface area contributed by atoms with Gasteiger partial charge in [-0.1, -0.05) is 41.1 Å². The number of thiazole rings is 1. The minimum atomic E-state index is -0.492. The molecule has 2 heterocycles. The van der Waals surface area contributed by atoms with Gasteiger partial charge in [0.2, 0.25) is 0 Å². The van der Waals surface area contributed by atoms with Crippen molar-refractivity contribution in [2.75, 3.05) is 18.0 Å². The number of rotatable bonds is 4. The first-order valence-corrected chi connectivity index (χ1v) is 9.02. The average Bonchev–Trinajstić information content (AvgIpc) is 2.97. The monoisotopic (exact) mass is 376 g/mol. The van der Waals surface area contributed by atoms with Crippen LogP contribution in [0.2, 0.25) is 5.02 Å². The molecule has 2 aromatic carbocycles. The maximum Gasteiger partial charge on any atom is 0.310 e. The number of fused-ring (bicyclic) bond motifs is 1. The highest BCUT2D eigenvalue weighted by molar-refractivity contribution is 7.22. The predicted molar refractivity (Wildman–Crippen MR) is 96.8 cm³/mol. The minimum Gasteiger partial charge on any atom is -0.458 e. The van der Waals surface area contributed by atoms with Crippen LogP contribution in [0, 0.1) is 5.82 Å². The van der Waals surface area contributed by atoms with Gasteiger partial charge >= 0.3 is 5.97 Å². The van der Waals surface area contributed by atoms with E-state index in [1.807, 2.05) is 24.3 Å². The van der Waals surface area contributed by atoms with Crippen LogP contribution in [0.25, 0.3) is 10.2 Å². The van der Waals surface area contributed by atoms with Gasteiger partial charge in [-0.25, -0.2) is 9.37 Å². The van der Waals surface area contributed by atoms with E-state index < -0.39 is 11.8 Å². The van der Waals surface area contributed by atoms with Gasteiger partial charge in [-0.2, -0.15) is 0 Å².